The van der Waals surface area contributed by atoms with E-state index >= 15 is 0 Å². The third-order valence-corrected chi connectivity index (χ3v) is 6.59. The third-order valence-electron chi connectivity index (χ3n) is 6.59. The molecule has 0 saturated carbocycles. The molecule has 3 rings (SSSR count). The van der Waals surface area contributed by atoms with E-state index in [2.05, 4.69) is 20.7 Å². The number of amides is 2. The van der Waals surface area contributed by atoms with Crippen molar-refractivity contribution in [2.24, 2.45) is 5.92 Å². The van der Waals surface area contributed by atoms with Gasteiger partial charge in [-0.05, 0) is 12.8 Å². The van der Waals surface area contributed by atoms with Gasteiger partial charge in [-0.15, -0.1) is 0 Å². The minimum Gasteiger partial charge on any atom is -0.383 e. The van der Waals surface area contributed by atoms with Crippen LogP contribution in [-0.4, -0.2) is 105 Å². The predicted octanol–water partition coefficient (Wildman–Crippen LogP) is 0.725. The normalized spacial score (nSPS) is 21.9. The van der Waals surface area contributed by atoms with Crippen LogP contribution in [0, 0.1) is 5.92 Å². The van der Waals surface area contributed by atoms with Gasteiger partial charge in [0.25, 0.3) is 0 Å². The van der Waals surface area contributed by atoms with E-state index in [1.54, 1.807) is 11.9 Å². The summed E-state index contributed by atoms with van der Waals surface area (Å²) in [6, 6.07) is -2.14. The Hall–Kier alpha value is -2.76. The minimum atomic E-state index is -4.75. The maximum atomic E-state index is 13.4. The van der Waals surface area contributed by atoms with Crippen molar-refractivity contribution >= 4 is 17.8 Å². The number of hydrogen-bond donors (Lipinski definition) is 3. The van der Waals surface area contributed by atoms with Crippen molar-refractivity contribution in [1.82, 2.24) is 31.0 Å². The van der Waals surface area contributed by atoms with Crippen molar-refractivity contribution in [2.45, 2.75) is 43.3 Å². The van der Waals surface area contributed by atoms with E-state index in [4.69, 9.17) is 9.47 Å². The van der Waals surface area contributed by atoms with Crippen molar-refractivity contribution < 1.29 is 45.4 Å². The minimum absolute atomic E-state index is 0.0167. The number of hydrazine groups is 1. The van der Waals surface area contributed by atoms with Crippen molar-refractivity contribution in [3.63, 3.8) is 0 Å². The number of carbonyl (C=O) groups excluding carboxylic acids is 2. The summed E-state index contributed by atoms with van der Waals surface area (Å²) in [4.78, 5) is 35.3. The first-order valence-corrected chi connectivity index (χ1v) is 12.1. The van der Waals surface area contributed by atoms with Crippen LogP contribution in [0.1, 0.15) is 18.4 Å². The average molecular weight is 572 g/mol. The number of alkyl halides is 6. The van der Waals surface area contributed by atoms with Gasteiger partial charge < -0.3 is 24.6 Å². The second kappa shape index (κ2) is 13.1. The van der Waals surface area contributed by atoms with Crippen LogP contribution in [0.3, 0.4) is 0 Å². The lowest BCUT2D eigenvalue weighted by Crippen LogP contribution is -2.65. The molecular formula is C22H31F6N7O4. The second-order valence-electron chi connectivity index (χ2n) is 9.32. The van der Waals surface area contributed by atoms with Gasteiger partial charge in [0.2, 0.25) is 17.8 Å². The Balaban J connectivity index is 1.46. The smallest absolute Gasteiger partial charge is 0.383 e. The van der Waals surface area contributed by atoms with Crippen LogP contribution in [-0.2, 0) is 25.2 Å². The van der Waals surface area contributed by atoms with Crippen molar-refractivity contribution in [2.75, 3.05) is 58.5 Å². The summed E-state index contributed by atoms with van der Waals surface area (Å²) < 4.78 is 88.9. The summed E-state index contributed by atoms with van der Waals surface area (Å²) in [5, 5.41) is 2.74. The first-order valence-electron chi connectivity index (χ1n) is 12.1. The SMILES string of the molecule is COC[C@@H](COCC(=O)N(C)C1CCN(c2ncc(C(F)(F)F)cn2)CC1)NC1CNNC(=O)C1C(F)(F)F. The van der Waals surface area contributed by atoms with Crippen LogP contribution < -0.4 is 21.1 Å². The number of nitrogens with one attached hydrogen (secondary N) is 3. The summed E-state index contributed by atoms with van der Waals surface area (Å²) in [5.74, 6) is -3.63. The Bertz CT molecular complexity index is 958. The highest BCUT2D eigenvalue weighted by atomic mass is 19.4. The van der Waals surface area contributed by atoms with Crippen LogP contribution in [0.25, 0.3) is 0 Å². The molecule has 2 fully saturated rings. The largest absolute Gasteiger partial charge is 0.419 e. The van der Waals surface area contributed by atoms with Gasteiger partial charge in [0.1, 0.15) is 6.61 Å². The Kier molecular flexibility index (Phi) is 10.3. The van der Waals surface area contributed by atoms with E-state index in [1.807, 2.05) is 5.43 Å². The van der Waals surface area contributed by atoms with Crippen molar-refractivity contribution in [3.8, 4) is 0 Å². The van der Waals surface area contributed by atoms with Crippen LogP contribution in [0.2, 0.25) is 0 Å². The van der Waals surface area contributed by atoms with Gasteiger partial charge in [0.05, 0.1) is 24.8 Å². The quantitative estimate of drug-likeness (QED) is 0.349. The molecule has 3 N–H and O–H groups in total. The molecule has 11 nitrogen and oxygen atoms in total. The predicted molar refractivity (Wildman–Crippen MR) is 124 cm³/mol. The van der Waals surface area contributed by atoms with E-state index in [-0.39, 0.29) is 44.3 Å². The fourth-order valence-corrected chi connectivity index (χ4v) is 4.48. The first kappa shape index (κ1) is 30.8. The first-order chi connectivity index (χ1) is 18.3. The number of anilines is 1. The second-order valence-corrected chi connectivity index (χ2v) is 9.32. The number of methoxy groups -OCH3 is 1. The molecule has 0 aromatic carbocycles. The fraction of sp³-hybridized carbons (Fsp3) is 0.727. The molecule has 2 aliphatic rings. The van der Waals surface area contributed by atoms with E-state index in [0.717, 1.165) is 12.4 Å². The molecule has 220 valence electrons. The Labute approximate surface area is 220 Å². The number of ether oxygens (including phenoxy) is 2. The van der Waals surface area contributed by atoms with Gasteiger partial charge in [-0.3, -0.25) is 15.0 Å². The van der Waals surface area contributed by atoms with Gasteiger partial charge in [0.15, 0.2) is 5.92 Å². The zero-order valence-corrected chi connectivity index (χ0v) is 21.3. The van der Waals surface area contributed by atoms with Crippen molar-refractivity contribution in [3.05, 3.63) is 18.0 Å². The highest BCUT2D eigenvalue weighted by Crippen LogP contribution is 2.31. The van der Waals surface area contributed by atoms with E-state index in [9.17, 15) is 35.9 Å². The van der Waals surface area contributed by atoms with E-state index in [1.165, 1.54) is 12.0 Å². The molecule has 0 spiro atoms. The monoisotopic (exact) mass is 571 g/mol. The molecule has 39 heavy (non-hydrogen) atoms. The molecule has 0 aliphatic carbocycles. The number of piperidine rings is 1. The number of rotatable bonds is 10. The number of aromatic nitrogens is 2. The molecule has 0 radical (unpaired) electrons. The molecule has 1 aromatic heterocycles. The summed E-state index contributed by atoms with van der Waals surface area (Å²) in [7, 11) is 2.97. The number of hydrogen-bond acceptors (Lipinski definition) is 9. The standard InChI is InChI=1S/C22H31F6N7O4/c1-34(15-3-5-35(6-4-15)20-29-7-13(8-30-20)21(23,24)25)17(36)12-39-11-14(10-38-2)32-16-9-31-33-19(37)18(16)22(26,27)28/h7-8,14-16,18,31-32H,3-6,9-12H2,1-2H3,(H,33,37)/t14-,16?,18?/m0/s1. The Morgan fingerprint density at radius 3 is 2.38 bits per heavy atom. The van der Waals surface area contributed by atoms with Crippen LogP contribution in [0.4, 0.5) is 32.3 Å². The summed E-state index contributed by atoms with van der Waals surface area (Å²) in [6.07, 6.45) is -6.77. The Morgan fingerprint density at radius 1 is 1.18 bits per heavy atom. The Morgan fingerprint density at radius 2 is 1.82 bits per heavy atom. The summed E-state index contributed by atoms with van der Waals surface area (Å²) in [6.45, 7) is 0.202. The fourth-order valence-electron chi connectivity index (χ4n) is 4.48. The zero-order chi connectivity index (χ0) is 28.8. The number of likely N-dealkylation sites (N-methyl/N-ethyl adjacent to an activating group) is 1. The van der Waals surface area contributed by atoms with Gasteiger partial charge in [-0.1, -0.05) is 0 Å². The molecule has 2 unspecified atom stereocenters. The lowest BCUT2D eigenvalue weighted by molar-refractivity contribution is -0.193. The molecule has 0 bridgehead atoms. The number of halogens is 6. The lowest BCUT2D eigenvalue weighted by atomic mass is 9.96. The highest BCUT2D eigenvalue weighted by Gasteiger charge is 2.51. The third kappa shape index (κ3) is 8.36. The van der Waals surface area contributed by atoms with E-state index < -0.39 is 41.8 Å². The lowest BCUT2D eigenvalue weighted by Gasteiger charge is -2.37. The average Bonchev–Trinajstić information content (AvgIpc) is 2.87. The van der Waals surface area contributed by atoms with Gasteiger partial charge in [0, 0.05) is 58.3 Å². The highest BCUT2D eigenvalue weighted by molar-refractivity contribution is 5.80. The summed E-state index contributed by atoms with van der Waals surface area (Å²) >= 11 is 0. The van der Waals surface area contributed by atoms with Gasteiger partial charge in [-0.2, -0.15) is 26.3 Å². The molecule has 3 atom stereocenters. The molecule has 2 saturated heterocycles. The maximum Gasteiger partial charge on any atom is 0.419 e. The molecule has 3 heterocycles. The molecule has 2 amide bonds. The summed E-state index contributed by atoms with van der Waals surface area (Å²) in [5.41, 5.74) is 3.47. The van der Waals surface area contributed by atoms with Crippen molar-refractivity contribution in [1.29, 1.82) is 0 Å². The molecule has 17 heteroatoms. The van der Waals surface area contributed by atoms with Gasteiger partial charge in [-0.25, -0.2) is 15.4 Å². The molecule has 2 aliphatic heterocycles. The van der Waals surface area contributed by atoms with E-state index in [0.29, 0.717) is 25.9 Å². The van der Waals surface area contributed by atoms with Crippen LogP contribution in [0.5, 0.6) is 0 Å². The van der Waals surface area contributed by atoms with Gasteiger partial charge >= 0.3 is 12.4 Å². The van der Waals surface area contributed by atoms with Crippen LogP contribution >= 0.6 is 0 Å². The number of carbonyl (C=O) groups is 2. The molecular weight excluding hydrogens is 540 g/mol. The molecule has 1 aromatic rings. The number of nitrogens with zero attached hydrogens (tertiary/aromatic N) is 4. The topological polar surface area (TPSA) is 121 Å². The maximum absolute atomic E-state index is 13.4. The van der Waals surface area contributed by atoms with Crippen LogP contribution in [0.15, 0.2) is 12.4 Å². The zero-order valence-electron chi connectivity index (χ0n) is 21.3.